The van der Waals surface area contributed by atoms with Crippen LogP contribution in [-0.2, 0) is 6.42 Å². The molecule has 0 radical (unpaired) electrons. The molecule has 0 spiro atoms. The lowest BCUT2D eigenvalue weighted by molar-refractivity contribution is 0.536. The van der Waals surface area contributed by atoms with Crippen molar-refractivity contribution in [3.8, 4) is 0 Å². The topological polar surface area (TPSA) is 51.2 Å². The summed E-state index contributed by atoms with van der Waals surface area (Å²) in [5, 5.41) is 1.11. The first-order chi connectivity index (χ1) is 9.79. The van der Waals surface area contributed by atoms with Crippen molar-refractivity contribution >= 4 is 11.0 Å². The average Bonchev–Trinajstić information content (AvgIpc) is 2.90. The molecule has 3 aromatic rings. The number of hydrogen-bond acceptors (Lipinski definition) is 3. The van der Waals surface area contributed by atoms with Gasteiger partial charge in [-0.25, -0.2) is 0 Å². The Hall–Kier alpha value is -2.10. The standard InChI is InChI=1S/C17H18N2O/c1-12-6-2-3-7-13(12)10-16(19-18)15-11-20-17-9-5-4-8-14(15)17/h2-9,11,16,19H,10,18H2,1H3. The van der Waals surface area contributed by atoms with E-state index in [0.717, 1.165) is 23.0 Å². The molecular formula is C17H18N2O. The first-order valence-electron chi connectivity index (χ1n) is 6.76. The van der Waals surface area contributed by atoms with Crippen molar-refractivity contribution in [1.29, 1.82) is 0 Å². The van der Waals surface area contributed by atoms with Gasteiger partial charge in [-0.1, -0.05) is 42.5 Å². The van der Waals surface area contributed by atoms with E-state index in [9.17, 15) is 0 Å². The van der Waals surface area contributed by atoms with Crippen LogP contribution >= 0.6 is 0 Å². The third kappa shape index (κ3) is 2.33. The second-order valence-corrected chi connectivity index (χ2v) is 5.04. The number of rotatable bonds is 4. The second kappa shape index (κ2) is 5.49. The van der Waals surface area contributed by atoms with Crippen LogP contribution in [0.25, 0.3) is 11.0 Å². The lowest BCUT2D eigenvalue weighted by Gasteiger charge is -2.16. The first-order valence-corrected chi connectivity index (χ1v) is 6.76. The van der Waals surface area contributed by atoms with E-state index in [0.29, 0.717) is 0 Å². The minimum absolute atomic E-state index is 0.0414. The van der Waals surface area contributed by atoms with Gasteiger partial charge in [0.1, 0.15) is 5.58 Å². The third-order valence-corrected chi connectivity index (χ3v) is 3.77. The summed E-state index contributed by atoms with van der Waals surface area (Å²) >= 11 is 0. The van der Waals surface area contributed by atoms with Crippen LogP contribution in [0.2, 0.25) is 0 Å². The molecule has 0 saturated carbocycles. The minimum atomic E-state index is 0.0414. The Morgan fingerprint density at radius 1 is 1.10 bits per heavy atom. The molecule has 3 nitrogen and oxygen atoms in total. The monoisotopic (exact) mass is 266 g/mol. The Labute approximate surface area is 118 Å². The van der Waals surface area contributed by atoms with E-state index in [1.54, 1.807) is 6.26 Å². The number of nitrogens with one attached hydrogen (secondary N) is 1. The van der Waals surface area contributed by atoms with Crippen LogP contribution in [-0.4, -0.2) is 0 Å². The Kier molecular flexibility index (Phi) is 3.54. The first kappa shape index (κ1) is 12.9. The van der Waals surface area contributed by atoms with Crippen LogP contribution in [0.3, 0.4) is 0 Å². The number of hydrogen-bond donors (Lipinski definition) is 2. The van der Waals surface area contributed by atoms with E-state index in [1.165, 1.54) is 11.1 Å². The van der Waals surface area contributed by atoms with Crippen LogP contribution in [0.4, 0.5) is 0 Å². The molecule has 1 atom stereocenters. The summed E-state index contributed by atoms with van der Waals surface area (Å²) in [6.07, 6.45) is 2.64. The molecule has 3 rings (SSSR count). The van der Waals surface area contributed by atoms with Crippen molar-refractivity contribution in [2.45, 2.75) is 19.4 Å². The highest BCUT2D eigenvalue weighted by molar-refractivity contribution is 5.81. The summed E-state index contributed by atoms with van der Waals surface area (Å²) in [5.41, 5.74) is 7.48. The predicted molar refractivity (Wildman–Crippen MR) is 81.2 cm³/mol. The van der Waals surface area contributed by atoms with Gasteiger partial charge in [0, 0.05) is 10.9 Å². The highest BCUT2D eigenvalue weighted by atomic mass is 16.3. The summed E-state index contributed by atoms with van der Waals surface area (Å²) in [5.74, 6) is 5.76. The van der Waals surface area contributed by atoms with Gasteiger partial charge in [-0.15, -0.1) is 0 Å². The van der Waals surface area contributed by atoms with E-state index < -0.39 is 0 Å². The zero-order chi connectivity index (χ0) is 13.9. The largest absolute Gasteiger partial charge is 0.464 e. The van der Waals surface area contributed by atoms with Gasteiger partial charge < -0.3 is 4.42 Å². The molecule has 1 aromatic heterocycles. The maximum Gasteiger partial charge on any atom is 0.134 e. The predicted octanol–water partition coefficient (Wildman–Crippen LogP) is 3.49. The molecule has 1 unspecified atom stereocenters. The number of nitrogens with two attached hydrogens (primary N) is 1. The van der Waals surface area contributed by atoms with Crippen molar-refractivity contribution < 1.29 is 4.42 Å². The normalized spacial score (nSPS) is 12.7. The highest BCUT2D eigenvalue weighted by Gasteiger charge is 2.16. The zero-order valence-electron chi connectivity index (χ0n) is 11.5. The van der Waals surface area contributed by atoms with Crippen LogP contribution in [0.15, 0.2) is 59.2 Å². The number of benzene rings is 2. The van der Waals surface area contributed by atoms with Crippen molar-refractivity contribution in [3.63, 3.8) is 0 Å². The van der Waals surface area contributed by atoms with Gasteiger partial charge in [0.05, 0.1) is 12.3 Å². The Morgan fingerprint density at radius 2 is 1.85 bits per heavy atom. The van der Waals surface area contributed by atoms with E-state index in [-0.39, 0.29) is 6.04 Å². The average molecular weight is 266 g/mol. The van der Waals surface area contributed by atoms with Gasteiger partial charge >= 0.3 is 0 Å². The molecule has 0 bridgehead atoms. The van der Waals surface area contributed by atoms with Gasteiger partial charge in [0.15, 0.2) is 0 Å². The number of furan rings is 1. The molecule has 0 aliphatic carbocycles. The molecule has 0 amide bonds. The second-order valence-electron chi connectivity index (χ2n) is 5.04. The van der Waals surface area contributed by atoms with Gasteiger partial charge in [0.25, 0.3) is 0 Å². The molecule has 0 aliphatic rings. The fourth-order valence-electron chi connectivity index (χ4n) is 2.59. The molecular weight excluding hydrogens is 248 g/mol. The number of fused-ring (bicyclic) bond motifs is 1. The quantitative estimate of drug-likeness (QED) is 0.561. The molecule has 0 fully saturated rings. The number of hydrazine groups is 1. The van der Waals surface area contributed by atoms with E-state index >= 15 is 0 Å². The van der Waals surface area contributed by atoms with Crippen molar-refractivity contribution in [2.24, 2.45) is 5.84 Å². The molecule has 0 aliphatic heterocycles. The van der Waals surface area contributed by atoms with Crippen molar-refractivity contribution in [1.82, 2.24) is 5.43 Å². The SMILES string of the molecule is Cc1ccccc1CC(NN)c1coc2ccccc12. The van der Waals surface area contributed by atoms with Gasteiger partial charge in [-0.05, 0) is 30.5 Å². The fourth-order valence-corrected chi connectivity index (χ4v) is 2.59. The van der Waals surface area contributed by atoms with Crippen LogP contribution in [0.5, 0.6) is 0 Å². The number of para-hydroxylation sites is 1. The smallest absolute Gasteiger partial charge is 0.134 e. The molecule has 20 heavy (non-hydrogen) atoms. The van der Waals surface area contributed by atoms with E-state index in [2.05, 4.69) is 42.7 Å². The highest BCUT2D eigenvalue weighted by Crippen LogP contribution is 2.28. The van der Waals surface area contributed by atoms with Crippen molar-refractivity contribution in [3.05, 3.63) is 71.5 Å². The van der Waals surface area contributed by atoms with Crippen LogP contribution in [0.1, 0.15) is 22.7 Å². The molecule has 3 N–H and O–H groups in total. The Morgan fingerprint density at radius 3 is 2.65 bits per heavy atom. The molecule has 0 saturated heterocycles. The lowest BCUT2D eigenvalue weighted by Crippen LogP contribution is -2.29. The minimum Gasteiger partial charge on any atom is -0.464 e. The van der Waals surface area contributed by atoms with Crippen molar-refractivity contribution in [2.75, 3.05) is 0 Å². The maximum atomic E-state index is 5.76. The Bertz CT molecular complexity index is 718. The summed E-state index contributed by atoms with van der Waals surface area (Å²) in [7, 11) is 0. The summed E-state index contributed by atoms with van der Waals surface area (Å²) < 4.78 is 5.60. The van der Waals surface area contributed by atoms with E-state index in [4.69, 9.17) is 10.3 Å². The van der Waals surface area contributed by atoms with Gasteiger partial charge in [0.2, 0.25) is 0 Å². The van der Waals surface area contributed by atoms with Crippen LogP contribution < -0.4 is 11.3 Å². The fraction of sp³-hybridized carbons (Fsp3) is 0.176. The summed E-state index contributed by atoms with van der Waals surface area (Å²) in [4.78, 5) is 0. The molecule has 2 aromatic carbocycles. The summed E-state index contributed by atoms with van der Waals surface area (Å²) in [6.45, 7) is 2.12. The van der Waals surface area contributed by atoms with Crippen LogP contribution in [0, 0.1) is 6.92 Å². The van der Waals surface area contributed by atoms with Gasteiger partial charge in [-0.3, -0.25) is 11.3 Å². The lowest BCUT2D eigenvalue weighted by atomic mass is 9.96. The summed E-state index contributed by atoms with van der Waals surface area (Å²) in [6, 6.07) is 16.4. The number of aryl methyl sites for hydroxylation is 1. The molecule has 102 valence electrons. The maximum absolute atomic E-state index is 5.76. The zero-order valence-corrected chi connectivity index (χ0v) is 11.5. The third-order valence-electron chi connectivity index (χ3n) is 3.77. The molecule has 1 heterocycles. The van der Waals surface area contributed by atoms with E-state index in [1.807, 2.05) is 18.2 Å². The Balaban J connectivity index is 1.96. The van der Waals surface area contributed by atoms with Gasteiger partial charge in [-0.2, -0.15) is 0 Å². The molecule has 3 heteroatoms.